The Balaban J connectivity index is 1.38. The Labute approximate surface area is 147 Å². The Morgan fingerprint density at radius 3 is 2.76 bits per heavy atom. The second-order valence-electron chi connectivity index (χ2n) is 6.54. The zero-order valence-electron chi connectivity index (χ0n) is 14.4. The lowest BCUT2D eigenvalue weighted by Gasteiger charge is -2.34. The number of hydrogen-bond donors (Lipinski definition) is 2. The molecule has 4 rings (SSSR count). The van der Waals surface area contributed by atoms with Gasteiger partial charge in [-0.2, -0.15) is 0 Å². The molecule has 134 valence electrons. The van der Waals surface area contributed by atoms with Crippen molar-refractivity contribution in [3.63, 3.8) is 0 Å². The number of rotatable bonds is 5. The van der Waals surface area contributed by atoms with Crippen LogP contribution in [-0.2, 0) is 11.3 Å². The van der Waals surface area contributed by atoms with E-state index in [4.69, 9.17) is 4.74 Å². The number of morpholine rings is 1. The molecule has 8 nitrogen and oxygen atoms in total. The fourth-order valence-electron chi connectivity index (χ4n) is 3.46. The maximum absolute atomic E-state index is 5.43. The molecule has 2 aromatic heterocycles. The smallest absolute Gasteiger partial charge is 0.134 e. The van der Waals surface area contributed by atoms with Crippen LogP contribution in [0.5, 0.6) is 0 Å². The number of aromatic nitrogens is 4. The van der Waals surface area contributed by atoms with Gasteiger partial charge in [-0.1, -0.05) is 0 Å². The van der Waals surface area contributed by atoms with Crippen molar-refractivity contribution < 1.29 is 4.74 Å². The van der Waals surface area contributed by atoms with Crippen LogP contribution in [0, 0.1) is 0 Å². The molecule has 0 spiro atoms. The Kier molecular flexibility index (Phi) is 5.08. The summed E-state index contributed by atoms with van der Waals surface area (Å²) in [5, 5.41) is 3.60. The van der Waals surface area contributed by atoms with Crippen molar-refractivity contribution in [1.82, 2.24) is 25.3 Å². The van der Waals surface area contributed by atoms with Crippen LogP contribution in [0.2, 0.25) is 0 Å². The topological polar surface area (TPSA) is 82.2 Å². The first kappa shape index (κ1) is 16.3. The molecule has 0 radical (unpaired) electrons. The van der Waals surface area contributed by atoms with Gasteiger partial charge in [0.1, 0.15) is 23.8 Å². The molecule has 2 aromatic rings. The summed E-state index contributed by atoms with van der Waals surface area (Å²) < 4.78 is 5.43. The summed E-state index contributed by atoms with van der Waals surface area (Å²) in [5.41, 5.74) is 0. The molecule has 4 heterocycles. The van der Waals surface area contributed by atoms with E-state index in [0.717, 1.165) is 69.8 Å². The lowest BCUT2D eigenvalue weighted by atomic mass is 10.1. The van der Waals surface area contributed by atoms with Crippen molar-refractivity contribution >= 4 is 11.6 Å². The molecule has 0 bridgehead atoms. The van der Waals surface area contributed by atoms with Gasteiger partial charge < -0.3 is 24.8 Å². The van der Waals surface area contributed by atoms with Gasteiger partial charge >= 0.3 is 0 Å². The van der Waals surface area contributed by atoms with Gasteiger partial charge in [-0.15, -0.1) is 0 Å². The zero-order valence-corrected chi connectivity index (χ0v) is 14.4. The van der Waals surface area contributed by atoms with Crippen LogP contribution in [0.4, 0.5) is 11.6 Å². The Bertz CT molecular complexity index is 657. The molecular weight excluding hydrogens is 318 g/mol. The normalized spacial score (nSPS) is 21.5. The molecule has 2 saturated heterocycles. The van der Waals surface area contributed by atoms with E-state index >= 15 is 0 Å². The van der Waals surface area contributed by atoms with Gasteiger partial charge in [0.25, 0.3) is 0 Å². The maximum atomic E-state index is 5.43. The molecule has 0 amide bonds. The first-order valence-electron chi connectivity index (χ1n) is 9.00. The van der Waals surface area contributed by atoms with Gasteiger partial charge in [0.2, 0.25) is 0 Å². The van der Waals surface area contributed by atoms with E-state index < -0.39 is 0 Å². The summed E-state index contributed by atoms with van der Waals surface area (Å²) in [4.78, 5) is 21.0. The maximum Gasteiger partial charge on any atom is 0.134 e. The predicted molar refractivity (Wildman–Crippen MR) is 95.7 cm³/mol. The number of nitrogens with one attached hydrogen (secondary N) is 2. The van der Waals surface area contributed by atoms with Gasteiger partial charge in [-0.25, -0.2) is 15.0 Å². The van der Waals surface area contributed by atoms with Crippen molar-refractivity contribution in [3.05, 3.63) is 30.6 Å². The minimum atomic E-state index is 0.445. The van der Waals surface area contributed by atoms with Crippen LogP contribution in [0.1, 0.15) is 18.7 Å². The molecule has 0 saturated carbocycles. The average molecular weight is 343 g/mol. The van der Waals surface area contributed by atoms with Crippen molar-refractivity contribution in [2.75, 3.05) is 49.2 Å². The van der Waals surface area contributed by atoms with E-state index in [-0.39, 0.29) is 0 Å². The van der Waals surface area contributed by atoms with Crippen LogP contribution in [0.15, 0.2) is 24.8 Å². The average Bonchev–Trinajstić information content (AvgIpc) is 3.21. The van der Waals surface area contributed by atoms with Crippen molar-refractivity contribution in [2.45, 2.75) is 25.4 Å². The van der Waals surface area contributed by atoms with Gasteiger partial charge in [-0.3, -0.25) is 0 Å². The minimum Gasteiger partial charge on any atom is -0.378 e. The molecule has 2 N–H and O–H groups in total. The van der Waals surface area contributed by atoms with Crippen molar-refractivity contribution in [3.8, 4) is 0 Å². The number of ether oxygens (including phenoxy) is 1. The zero-order chi connectivity index (χ0) is 16.9. The summed E-state index contributed by atoms with van der Waals surface area (Å²) in [7, 11) is 0. The molecule has 2 aliphatic rings. The van der Waals surface area contributed by atoms with Crippen molar-refractivity contribution in [1.29, 1.82) is 0 Å². The van der Waals surface area contributed by atoms with Crippen LogP contribution in [0.25, 0.3) is 0 Å². The van der Waals surface area contributed by atoms with E-state index in [1.165, 1.54) is 6.42 Å². The largest absolute Gasteiger partial charge is 0.378 e. The third kappa shape index (κ3) is 4.08. The molecule has 2 aliphatic heterocycles. The number of piperidine rings is 1. The number of H-pyrrole nitrogens is 1. The monoisotopic (exact) mass is 343 g/mol. The summed E-state index contributed by atoms with van der Waals surface area (Å²) in [6.45, 7) is 6.09. The first-order chi connectivity index (χ1) is 12.4. The summed E-state index contributed by atoms with van der Waals surface area (Å²) >= 11 is 0. The fourth-order valence-corrected chi connectivity index (χ4v) is 3.46. The fraction of sp³-hybridized carbons (Fsp3) is 0.588. The highest BCUT2D eigenvalue weighted by Gasteiger charge is 2.22. The van der Waals surface area contributed by atoms with E-state index in [1.807, 2.05) is 6.20 Å². The number of aromatic amines is 1. The van der Waals surface area contributed by atoms with E-state index in [9.17, 15) is 0 Å². The van der Waals surface area contributed by atoms with Crippen LogP contribution >= 0.6 is 0 Å². The standard InChI is InChI=1S/C17H25N7O/c1-2-14(20-11-15-18-3-4-19-15)12-24(5-1)17-10-16(21-13-22-17)23-6-8-25-9-7-23/h3-4,10,13-14,20H,1-2,5-9,11-12H2,(H,18,19)/t14-/m1/s1. The molecule has 2 fully saturated rings. The minimum absolute atomic E-state index is 0.445. The van der Waals surface area contributed by atoms with Crippen LogP contribution in [-0.4, -0.2) is 65.4 Å². The van der Waals surface area contributed by atoms with E-state index in [2.05, 4.69) is 41.1 Å². The lowest BCUT2D eigenvalue weighted by Crippen LogP contribution is -2.46. The summed E-state index contributed by atoms with van der Waals surface area (Å²) in [6, 6.07) is 2.56. The Hall–Kier alpha value is -2.19. The highest BCUT2D eigenvalue weighted by atomic mass is 16.5. The van der Waals surface area contributed by atoms with Gasteiger partial charge in [0.05, 0.1) is 19.8 Å². The highest BCUT2D eigenvalue weighted by molar-refractivity contribution is 5.50. The van der Waals surface area contributed by atoms with E-state index in [1.54, 1.807) is 12.5 Å². The molecule has 25 heavy (non-hydrogen) atoms. The second-order valence-corrected chi connectivity index (χ2v) is 6.54. The molecule has 8 heteroatoms. The third-order valence-electron chi connectivity index (χ3n) is 4.83. The molecule has 0 aromatic carbocycles. The van der Waals surface area contributed by atoms with Gasteiger partial charge in [0.15, 0.2) is 0 Å². The Morgan fingerprint density at radius 2 is 1.96 bits per heavy atom. The molecule has 1 atom stereocenters. The number of imidazole rings is 1. The first-order valence-corrected chi connectivity index (χ1v) is 9.00. The lowest BCUT2D eigenvalue weighted by molar-refractivity contribution is 0.122. The van der Waals surface area contributed by atoms with Crippen LogP contribution < -0.4 is 15.1 Å². The summed E-state index contributed by atoms with van der Waals surface area (Å²) in [6.07, 6.45) is 7.67. The number of anilines is 2. The van der Waals surface area contributed by atoms with E-state index in [0.29, 0.717) is 6.04 Å². The Morgan fingerprint density at radius 1 is 1.12 bits per heavy atom. The van der Waals surface area contributed by atoms with Crippen molar-refractivity contribution in [2.24, 2.45) is 0 Å². The molecular formula is C17H25N7O. The number of nitrogens with zero attached hydrogens (tertiary/aromatic N) is 5. The van der Waals surface area contributed by atoms with Crippen LogP contribution in [0.3, 0.4) is 0 Å². The molecule has 0 aliphatic carbocycles. The van der Waals surface area contributed by atoms with Gasteiger partial charge in [0, 0.05) is 50.7 Å². The summed E-state index contributed by atoms with van der Waals surface area (Å²) in [5.74, 6) is 2.99. The number of hydrogen-bond acceptors (Lipinski definition) is 7. The predicted octanol–water partition coefficient (Wildman–Crippen LogP) is 0.795. The SMILES string of the molecule is c1nc(N2CCOCC2)cc(N2CCC[C@@H](NCc3ncc[nH]3)C2)n1. The second kappa shape index (κ2) is 7.79. The third-order valence-corrected chi connectivity index (χ3v) is 4.83. The highest BCUT2D eigenvalue weighted by Crippen LogP contribution is 2.22. The quantitative estimate of drug-likeness (QED) is 0.831. The van der Waals surface area contributed by atoms with Gasteiger partial charge in [-0.05, 0) is 12.8 Å². The molecule has 0 unspecified atom stereocenters.